The molecule has 0 fully saturated rings. The highest BCUT2D eigenvalue weighted by Crippen LogP contribution is 2.52. The number of hydrogen-bond donors (Lipinski definition) is 2. The average molecular weight is 534 g/mol. The lowest BCUT2D eigenvalue weighted by atomic mass is 9.80. The van der Waals surface area contributed by atoms with Gasteiger partial charge in [0.05, 0.1) is 0 Å². The predicted molar refractivity (Wildman–Crippen MR) is 170 cm³/mol. The van der Waals surface area contributed by atoms with Crippen molar-refractivity contribution in [3.05, 3.63) is 126 Å². The first-order chi connectivity index (χ1) is 19.9. The summed E-state index contributed by atoms with van der Waals surface area (Å²) >= 11 is 0. The minimum atomic E-state index is -1.85. The molecule has 7 rings (SSSR count). The summed E-state index contributed by atoms with van der Waals surface area (Å²) in [6.45, 7) is 6.64. The van der Waals surface area contributed by atoms with E-state index in [-0.39, 0.29) is 5.41 Å². The van der Waals surface area contributed by atoms with E-state index < -0.39 is 7.32 Å². The van der Waals surface area contributed by atoms with E-state index in [2.05, 4.69) is 112 Å². The van der Waals surface area contributed by atoms with Gasteiger partial charge in [-0.2, -0.15) is 0 Å². The molecular weight excluding hydrogens is 503 g/mol. The smallest absolute Gasteiger partial charge is 0.512 e. The molecule has 0 saturated heterocycles. The van der Waals surface area contributed by atoms with Gasteiger partial charge in [-0.15, -0.1) is 0 Å². The van der Waals surface area contributed by atoms with E-state index in [0.717, 1.165) is 17.5 Å². The van der Waals surface area contributed by atoms with Gasteiger partial charge in [0.25, 0.3) is 0 Å². The van der Waals surface area contributed by atoms with E-state index >= 15 is 0 Å². The van der Waals surface area contributed by atoms with Gasteiger partial charge >= 0.3 is 7.32 Å². The third-order valence-electron chi connectivity index (χ3n) is 8.76. The van der Waals surface area contributed by atoms with Crippen LogP contribution in [-0.2, 0) is 11.8 Å². The van der Waals surface area contributed by atoms with Crippen molar-refractivity contribution >= 4 is 28.9 Å². The zero-order chi connectivity index (χ0) is 28.3. The number of hydrogen-bond acceptors (Lipinski definition) is 3. The largest absolute Gasteiger partial charge is 0.707 e. The maximum atomic E-state index is 9.34. The van der Waals surface area contributed by atoms with Gasteiger partial charge in [0, 0.05) is 5.41 Å². The van der Waals surface area contributed by atoms with Gasteiger partial charge in [-0.05, 0) is 96.2 Å². The van der Waals surface area contributed by atoms with Crippen molar-refractivity contribution in [2.75, 3.05) is 0 Å². The quantitative estimate of drug-likeness (QED) is 0.172. The fourth-order valence-corrected chi connectivity index (χ4v) is 6.72. The lowest BCUT2D eigenvalue weighted by Crippen LogP contribution is -2.21. The summed E-state index contributed by atoms with van der Waals surface area (Å²) in [5.41, 5.74) is 10.7. The predicted octanol–water partition coefficient (Wildman–Crippen LogP) is 8.54. The van der Waals surface area contributed by atoms with Gasteiger partial charge in [-0.1, -0.05) is 112 Å². The zero-order valence-electron chi connectivity index (χ0n) is 23.5. The second-order valence-corrected chi connectivity index (χ2v) is 11.4. The van der Waals surface area contributed by atoms with Crippen molar-refractivity contribution < 1.29 is 14.7 Å². The van der Waals surface area contributed by atoms with Gasteiger partial charge < -0.3 is 14.7 Å². The molecule has 0 radical (unpaired) electrons. The van der Waals surface area contributed by atoms with Gasteiger partial charge in [0.2, 0.25) is 0 Å². The average Bonchev–Trinajstić information content (AvgIpc) is 3.21. The van der Waals surface area contributed by atoms with Crippen molar-refractivity contribution in [1.82, 2.24) is 0 Å². The Morgan fingerprint density at radius 3 is 1.63 bits per heavy atom. The number of fused-ring (bicyclic) bond motifs is 5. The molecule has 6 aromatic carbocycles. The minimum absolute atomic E-state index is 0.285. The standard InChI is InChI=1S/C37H31BO3/c1-4-23-13-15-24(16-14-23)35-29-9-5-7-11-31(29)36(32-12-8-6-10-30(32)35)25-17-19-27-28-20-18-26(41-38(39)40)22-34(28)37(2,3)33(27)21-25/h5-22,39-40H,4H2,1-3H3. The topological polar surface area (TPSA) is 49.7 Å². The molecule has 0 heterocycles. The van der Waals surface area contributed by atoms with Gasteiger partial charge in [0.15, 0.2) is 0 Å². The second-order valence-electron chi connectivity index (χ2n) is 11.4. The van der Waals surface area contributed by atoms with E-state index in [4.69, 9.17) is 4.65 Å². The number of aryl methyl sites for hydroxylation is 1. The molecule has 2 N–H and O–H groups in total. The Labute approximate surface area is 240 Å². The van der Waals surface area contributed by atoms with Crippen LogP contribution in [0.25, 0.3) is 54.9 Å². The molecule has 1 aliphatic carbocycles. The van der Waals surface area contributed by atoms with Crippen molar-refractivity contribution in [3.63, 3.8) is 0 Å². The zero-order valence-corrected chi connectivity index (χ0v) is 23.5. The van der Waals surface area contributed by atoms with E-state index in [0.29, 0.717) is 5.75 Å². The van der Waals surface area contributed by atoms with Gasteiger partial charge in [-0.25, -0.2) is 0 Å². The summed E-state index contributed by atoms with van der Waals surface area (Å²) in [6.07, 6.45) is 1.02. The van der Waals surface area contributed by atoms with Crippen LogP contribution in [-0.4, -0.2) is 17.4 Å². The molecule has 0 spiro atoms. The fraction of sp³-hybridized carbons (Fsp3) is 0.135. The Bertz CT molecular complexity index is 1900. The molecule has 4 heteroatoms. The highest BCUT2D eigenvalue weighted by Gasteiger charge is 2.36. The minimum Gasteiger partial charge on any atom is -0.512 e. The molecular formula is C37H31BO3. The van der Waals surface area contributed by atoms with E-state index in [1.165, 1.54) is 60.5 Å². The lowest BCUT2D eigenvalue weighted by Gasteiger charge is -2.23. The van der Waals surface area contributed by atoms with Gasteiger partial charge in [0.1, 0.15) is 5.75 Å². The second kappa shape index (κ2) is 9.62. The van der Waals surface area contributed by atoms with Crippen LogP contribution in [0.3, 0.4) is 0 Å². The molecule has 0 aromatic heterocycles. The van der Waals surface area contributed by atoms with E-state index in [1.807, 2.05) is 12.1 Å². The Kier molecular flexibility index (Phi) is 6.00. The first-order valence-corrected chi connectivity index (χ1v) is 14.2. The van der Waals surface area contributed by atoms with Crippen molar-refractivity contribution in [2.24, 2.45) is 0 Å². The molecule has 200 valence electrons. The summed E-state index contributed by atoms with van der Waals surface area (Å²) in [4.78, 5) is 0. The Hall–Kier alpha value is -4.38. The maximum absolute atomic E-state index is 9.34. The van der Waals surface area contributed by atoms with E-state index in [1.54, 1.807) is 6.07 Å². The lowest BCUT2D eigenvalue weighted by molar-refractivity contribution is 0.288. The molecule has 1 aliphatic rings. The molecule has 6 aromatic rings. The first kappa shape index (κ1) is 25.6. The SMILES string of the molecule is CCc1ccc(-c2c3ccccc3c(-c3ccc4c(c3)C(C)(C)c3cc(OB(O)O)ccc3-4)c3ccccc23)cc1. The number of benzene rings is 6. The van der Waals surface area contributed by atoms with Crippen LogP contribution in [0.2, 0.25) is 0 Å². The van der Waals surface area contributed by atoms with Crippen molar-refractivity contribution in [1.29, 1.82) is 0 Å². The fourth-order valence-electron chi connectivity index (χ4n) is 6.72. The van der Waals surface area contributed by atoms with Crippen LogP contribution < -0.4 is 4.65 Å². The van der Waals surface area contributed by atoms with Crippen molar-refractivity contribution in [3.8, 4) is 39.1 Å². The number of rotatable bonds is 5. The highest BCUT2D eigenvalue weighted by atomic mass is 16.6. The molecule has 41 heavy (non-hydrogen) atoms. The third kappa shape index (κ3) is 4.06. The van der Waals surface area contributed by atoms with Crippen LogP contribution >= 0.6 is 0 Å². The van der Waals surface area contributed by atoms with Crippen LogP contribution in [0.4, 0.5) is 0 Å². The molecule has 0 saturated carbocycles. The highest BCUT2D eigenvalue weighted by molar-refractivity contribution is 6.33. The molecule has 0 bridgehead atoms. The summed E-state index contributed by atoms with van der Waals surface area (Å²) in [5.74, 6) is 0.444. The van der Waals surface area contributed by atoms with Gasteiger partial charge in [-0.3, -0.25) is 0 Å². The summed E-state index contributed by atoms with van der Waals surface area (Å²) in [7, 11) is -1.85. The Balaban J connectivity index is 1.46. The van der Waals surface area contributed by atoms with E-state index in [9.17, 15) is 10.0 Å². The summed E-state index contributed by atoms with van der Waals surface area (Å²) in [6, 6.07) is 39.1. The van der Waals surface area contributed by atoms with Crippen LogP contribution in [0.1, 0.15) is 37.5 Å². The first-order valence-electron chi connectivity index (χ1n) is 14.2. The third-order valence-corrected chi connectivity index (χ3v) is 8.76. The normalized spacial score (nSPS) is 13.3. The molecule has 0 aliphatic heterocycles. The Morgan fingerprint density at radius 2 is 1.10 bits per heavy atom. The Morgan fingerprint density at radius 1 is 0.610 bits per heavy atom. The summed E-state index contributed by atoms with van der Waals surface area (Å²) < 4.78 is 5.19. The molecule has 0 unspecified atom stereocenters. The van der Waals surface area contributed by atoms with Crippen LogP contribution in [0.5, 0.6) is 5.75 Å². The molecule has 0 atom stereocenters. The maximum Gasteiger partial charge on any atom is 0.707 e. The molecule has 3 nitrogen and oxygen atoms in total. The molecule has 0 amide bonds. The van der Waals surface area contributed by atoms with Crippen LogP contribution in [0.15, 0.2) is 109 Å². The van der Waals surface area contributed by atoms with Crippen LogP contribution in [0, 0.1) is 0 Å². The van der Waals surface area contributed by atoms with Crippen molar-refractivity contribution in [2.45, 2.75) is 32.6 Å². The summed E-state index contributed by atoms with van der Waals surface area (Å²) in [5, 5.41) is 23.7. The monoisotopic (exact) mass is 534 g/mol.